The molecule has 1 aliphatic heterocycles. The number of aryl methyl sites for hydroxylation is 1. The molecule has 1 aromatic carbocycles. The average Bonchev–Trinajstić information content (AvgIpc) is 3.29. The number of hydrogen-bond acceptors (Lipinski definition) is 5. The van der Waals surface area contributed by atoms with Gasteiger partial charge < -0.3 is 14.7 Å². The maximum absolute atomic E-state index is 12.6. The number of benzene rings is 1. The van der Waals surface area contributed by atoms with Crippen molar-refractivity contribution in [2.75, 3.05) is 20.2 Å². The quantitative estimate of drug-likeness (QED) is 0.776. The van der Waals surface area contributed by atoms with Gasteiger partial charge in [-0.2, -0.15) is 15.4 Å². The number of nitrogens with zero attached hydrogens (tertiary/aromatic N) is 3. The largest absolute Gasteiger partial charge is 0.497 e. The zero-order valence-electron chi connectivity index (χ0n) is 14.6. The molecule has 1 amide bonds. The van der Waals surface area contributed by atoms with Crippen molar-refractivity contribution >= 4 is 11.9 Å². The van der Waals surface area contributed by atoms with Crippen LogP contribution >= 0.6 is 0 Å². The molecular weight excluding hydrogens is 336 g/mol. The minimum atomic E-state index is -0.867. The molecule has 8 nitrogen and oxygen atoms in total. The summed E-state index contributed by atoms with van der Waals surface area (Å²) in [4.78, 5) is 25.5. The second kappa shape index (κ2) is 7.99. The molecular formula is C18H22N4O4. The van der Waals surface area contributed by atoms with E-state index in [2.05, 4.69) is 15.4 Å². The molecule has 0 saturated carbocycles. The summed E-state index contributed by atoms with van der Waals surface area (Å²) in [5.74, 6) is -0.337. The van der Waals surface area contributed by atoms with Crippen molar-refractivity contribution in [2.45, 2.75) is 25.2 Å². The summed E-state index contributed by atoms with van der Waals surface area (Å²) in [6.07, 6.45) is 2.60. The third-order valence-electron chi connectivity index (χ3n) is 4.81. The molecule has 8 heteroatoms. The number of carboxylic acids is 1. The van der Waals surface area contributed by atoms with E-state index in [1.165, 1.54) is 0 Å². The average molecular weight is 358 g/mol. The molecule has 0 spiro atoms. The van der Waals surface area contributed by atoms with E-state index in [9.17, 15) is 9.59 Å². The maximum atomic E-state index is 12.6. The van der Waals surface area contributed by atoms with Crippen LogP contribution in [0, 0.1) is 5.92 Å². The number of ether oxygens (including phenoxy) is 1. The van der Waals surface area contributed by atoms with Gasteiger partial charge in [0.15, 0.2) is 0 Å². The normalized spacial score (nSPS) is 19.5. The van der Waals surface area contributed by atoms with Gasteiger partial charge in [-0.1, -0.05) is 12.1 Å². The summed E-state index contributed by atoms with van der Waals surface area (Å²) in [7, 11) is 1.61. The second-order valence-electron chi connectivity index (χ2n) is 6.51. The van der Waals surface area contributed by atoms with E-state index in [4.69, 9.17) is 9.84 Å². The summed E-state index contributed by atoms with van der Waals surface area (Å²) in [5.41, 5.74) is 1.74. The van der Waals surface area contributed by atoms with Crippen LogP contribution in [-0.4, -0.2) is 57.5 Å². The number of rotatable bonds is 7. The van der Waals surface area contributed by atoms with Crippen molar-refractivity contribution in [1.82, 2.24) is 20.3 Å². The van der Waals surface area contributed by atoms with Gasteiger partial charge in [-0.3, -0.25) is 9.59 Å². The molecule has 0 radical (unpaired) electrons. The van der Waals surface area contributed by atoms with Gasteiger partial charge in [0, 0.05) is 25.4 Å². The Morgan fingerprint density at radius 3 is 2.92 bits per heavy atom. The molecule has 1 fully saturated rings. The van der Waals surface area contributed by atoms with Gasteiger partial charge in [-0.05, 0) is 30.0 Å². The first-order valence-electron chi connectivity index (χ1n) is 8.55. The number of nitrogens with one attached hydrogen (secondary N) is 1. The van der Waals surface area contributed by atoms with Gasteiger partial charge >= 0.3 is 5.97 Å². The summed E-state index contributed by atoms with van der Waals surface area (Å²) in [6.45, 7) is 0.905. The Morgan fingerprint density at radius 2 is 2.23 bits per heavy atom. The number of carbonyl (C=O) groups is 2. The number of amides is 1. The predicted octanol–water partition coefficient (Wildman–Crippen LogP) is 1.46. The van der Waals surface area contributed by atoms with Crippen LogP contribution in [-0.2, 0) is 16.0 Å². The molecule has 3 rings (SSSR count). The molecule has 2 N–H and O–H groups in total. The summed E-state index contributed by atoms with van der Waals surface area (Å²) < 4.78 is 5.20. The molecule has 2 heterocycles. The lowest BCUT2D eigenvalue weighted by Crippen LogP contribution is -2.29. The van der Waals surface area contributed by atoms with Gasteiger partial charge in [0.2, 0.25) is 5.91 Å². The van der Waals surface area contributed by atoms with Gasteiger partial charge in [0.05, 0.1) is 25.4 Å². The number of hydrogen-bond donors (Lipinski definition) is 2. The van der Waals surface area contributed by atoms with Crippen LogP contribution in [0.3, 0.4) is 0 Å². The number of aliphatic carboxylic acids is 1. The van der Waals surface area contributed by atoms with Crippen molar-refractivity contribution in [3.8, 4) is 5.75 Å². The number of carbonyl (C=O) groups excluding carboxylic acids is 1. The Labute approximate surface area is 151 Å². The minimum Gasteiger partial charge on any atom is -0.497 e. The number of H-pyrrole nitrogens is 1. The van der Waals surface area contributed by atoms with E-state index in [0.29, 0.717) is 31.6 Å². The zero-order valence-corrected chi connectivity index (χ0v) is 14.6. The standard InChI is InChI=1S/C18H22N4O4/c1-26-14-4-2-3-12(7-14)5-6-17(23)22-10-13(8-18(24)25)15(11-22)16-9-19-21-20-16/h2-4,7,9,13,15H,5-6,8,10-11H2,1H3,(H,24,25)(H,19,20,21)/t13-,15+/m1/s1. The molecule has 2 aromatic rings. The van der Waals surface area contributed by atoms with Gasteiger partial charge in [-0.25, -0.2) is 0 Å². The van der Waals surface area contributed by atoms with Crippen molar-refractivity contribution in [1.29, 1.82) is 0 Å². The maximum Gasteiger partial charge on any atom is 0.303 e. The zero-order chi connectivity index (χ0) is 18.5. The Kier molecular flexibility index (Phi) is 5.50. The van der Waals surface area contributed by atoms with Crippen LogP contribution in [0.25, 0.3) is 0 Å². The van der Waals surface area contributed by atoms with E-state index in [-0.39, 0.29) is 24.2 Å². The Hall–Kier alpha value is -2.90. The monoisotopic (exact) mass is 358 g/mol. The molecule has 1 aromatic heterocycles. The highest BCUT2D eigenvalue weighted by Gasteiger charge is 2.38. The van der Waals surface area contributed by atoms with Crippen LogP contribution in [0.1, 0.15) is 30.0 Å². The van der Waals surface area contributed by atoms with E-state index < -0.39 is 5.97 Å². The topological polar surface area (TPSA) is 108 Å². The fourth-order valence-electron chi connectivity index (χ4n) is 3.47. The van der Waals surface area contributed by atoms with E-state index >= 15 is 0 Å². The third kappa shape index (κ3) is 4.19. The minimum absolute atomic E-state index is 0.0111. The number of aromatic amines is 1. The Morgan fingerprint density at radius 1 is 1.38 bits per heavy atom. The van der Waals surface area contributed by atoms with Crippen LogP contribution in [0.15, 0.2) is 30.5 Å². The first-order valence-corrected chi connectivity index (χ1v) is 8.55. The fourth-order valence-corrected chi connectivity index (χ4v) is 3.47. The molecule has 1 aliphatic rings. The lowest BCUT2D eigenvalue weighted by Gasteiger charge is -2.16. The van der Waals surface area contributed by atoms with E-state index in [1.807, 2.05) is 24.3 Å². The lowest BCUT2D eigenvalue weighted by molar-refractivity contribution is -0.138. The van der Waals surface area contributed by atoms with Crippen molar-refractivity contribution < 1.29 is 19.4 Å². The lowest BCUT2D eigenvalue weighted by atomic mass is 9.91. The van der Waals surface area contributed by atoms with Crippen molar-refractivity contribution in [3.63, 3.8) is 0 Å². The number of aromatic nitrogens is 3. The highest BCUT2D eigenvalue weighted by molar-refractivity contribution is 5.77. The van der Waals surface area contributed by atoms with Crippen molar-refractivity contribution in [3.05, 3.63) is 41.7 Å². The first kappa shape index (κ1) is 17.9. The van der Waals surface area contributed by atoms with Crippen LogP contribution in [0.5, 0.6) is 5.75 Å². The molecule has 26 heavy (non-hydrogen) atoms. The third-order valence-corrected chi connectivity index (χ3v) is 4.81. The summed E-state index contributed by atoms with van der Waals surface area (Å²) in [5, 5.41) is 19.6. The smallest absolute Gasteiger partial charge is 0.303 e. The second-order valence-corrected chi connectivity index (χ2v) is 6.51. The number of carboxylic acid groups (broad SMARTS) is 1. The van der Waals surface area contributed by atoms with Gasteiger partial charge in [-0.15, -0.1) is 0 Å². The van der Waals surface area contributed by atoms with E-state index in [1.54, 1.807) is 18.2 Å². The van der Waals surface area contributed by atoms with Gasteiger partial charge in [0.1, 0.15) is 5.75 Å². The summed E-state index contributed by atoms with van der Waals surface area (Å²) in [6, 6.07) is 7.65. The van der Waals surface area contributed by atoms with Crippen LogP contribution < -0.4 is 4.74 Å². The van der Waals surface area contributed by atoms with Crippen molar-refractivity contribution in [2.24, 2.45) is 5.92 Å². The Bertz CT molecular complexity index is 762. The number of likely N-dealkylation sites (tertiary alicyclic amines) is 1. The SMILES string of the molecule is COc1cccc(CCC(=O)N2C[C@@H](CC(=O)O)[C@@H](c3cn[nH]n3)C2)c1. The molecule has 0 aliphatic carbocycles. The molecule has 1 saturated heterocycles. The molecule has 0 unspecified atom stereocenters. The highest BCUT2D eigenvalue weighted by atomic mass is 16.5. The van der Waals surface area contributed by atoms with Crippen LogP contribution in [0.2, 0.25) is 0 Å². The fraction of sp³-hybridized carbons (Fsp3) is 0.444. The predicted molar refractivity (Wildman–Crippen MR) is 92.8 cm³/mol. The number of methoxy groups -OCH3 is 1. The highest BCUT2D eigenvalue weighted by Crippen LogP contribution is 2.34. The molecule has 138 valence electrons. The Balaban J connectivity index is 1.62. The first-order chi connectivity index (χ1) is 12.6. The molecule has 2 atom stereocenters. The summed E-state index contributed by atoms with van der Waals surface area (Å²) >= 11 is 0. The van der Waals surface area contributed by atoms with E-state index in [0.717, 1.165) is 11.3 Å². The molecule has 0 bridgehead atoms. The van der Waals surface area contributed by atoms with Crippen LogP contribution in [0.4, 0.5) is 0 Å². The van der Waals surface area contributed by atoms with Gasteiger partial charge in [0.25, 0.3) is 0 Å².